The van der Waals surface area contributed by atoms with E-state index in [4.69, 9.17) is 4.74 Å². The van der Waals surface area contributed by atoms with Crippen LogP contribution in [0.15, 0.2) is 12.4 Å². The van der Waals surface area contributed by atoms with Crippen molar-refractivity contribution < 1.29 is 9.53 Å². The van der Waals surface area contributed by atoms with Gasteiger partial charge in [-0.3, -0.25) is 14.6 Å². The van der Waals surface area contributed by atoms with Gasteiger partial charge in [-0.25, -0.2) is 4.98 Å². The summed E-state index contributed by atoms with van der Waals surface area (Å²) < 4.78 is 7.81. The van der Waals surface area contributed by atoms with Crippen LogP contribution in [0.1, 0.15) is 26.6 Å². The Morgan fingerprint density at radius 2 is 1.88 bits per heavy atom. The third kappa shape index (κ3) is 4.40. The van der Waals surface area contributed by atoms with Crippen LogP contribution in [0.4, 0.5) is 0 Å². The molecule has 2 aliphatic rings. The van der Waals surface area contributed by atoms with Gasteiger partial charge < -0.3 is 14.2 Å². The fraction of sp³-hybridized carbons (Fsp3) is 0.778. The molecule has 2 aliphatic heterocycles. The van der Waals surface area contributed by atoms with E-state index >= 15 is 0 Å². The fourth-order valence-corrected chi connectivity index (χ4v) is 3.84. The molecule has 1 aromatic heterocycles. The van der Waals surface area contributed by atoms with Gasteiger partial charge in [-0.05, 0) is 20.8 Å². The van der Waals surface area contributed by atoms with Gasteiger partial charge in [-0.1, -0.05) is 0 Å². The van der Waals surface area contributed by atoms with Gasteiger partial charge in [0.05, 0.1) is 24.8 Å². The topological polar surface area (TPSA) is 53.8 Å². The van der Waals surface area contributed by atoms with Crippen molar-refractivity contribution in [2.45, 2.75) is 45.6 Å². The van der Waals surface area contributed by atoms with Crippen LogP contribution >= 0.6 is 0 Å². The molecule has 1 aromatic rings. The van der Waals surface area contributed by atoms with Crippen molar-refractivity contribution in [3.05, 3.63) is 18.2 Å². The molecule has 0 radical (unpaired) electrons. The lowest BCUT2D eigenvalue weighted by Gasteiger charge is -2.41. The van der Waals surface area contributed by atoms with Crippen LogP contribution < -0.4 is 0 Å². The Morgan fingerprint density at radius 1 is 1.24 bits per heavy atom. The highest BCUT2D eigenvalue weighted by atomic mass is 16.5. The van der Waals surface area contributed by atoms with Gasteiger partial charge in [0.15, 0.2) is 0 Å². The molecule has 0 saturated carbocycles. The summed E-state index contributed by atoms with van der Waals surface area (Å²) in [5.41, 5.74) is 0. The Balaban J connectivity index is 1.50. The van der Waals surface area contributed by atoms with Crippen LogP contribution in [-0.4, -0.2) is 87.7 Å². The van der Waals surface area contributed by atoms with Crippen molar-refractivity contribution in [1.82, 2.24) is 24.3 Å². The number of carbonyl (C=O) groups is 1. The van der Waals surface area contributed by atoms with Gasteiger partial charge in [0.2, 0.25) is 5.91 Å². The molecule has 7 nitrogen and oxygen atoms in total. The van der Waals surface area contributed by atoms with E-state index in [2.05, 4.69) is 19.4 Å². The average Bonchev–Trinajstić information content (AvgIpc) is 2.98. The predicted molar refractivity (Wildman–Crippen MR) is 96.1 cm³/mol. The zero-order chi connectivity index (χ0) is 18.0. The maximum Gasteiger partial charge on any atom is 0.239 e. The first-order chi connectivity index (χ1) is 11.9. The highest BCUT2D eigenvalue weighted by molar-refractivity contribution is 5.81. The van der Waals surface area contributed by atoms with E-state index in [9.17, 15) is 4.79 Å². The number of hydrogen-bond acceptors (Lipinski definition) is 5. The summed E-state index contributed by atoms with van der Waals surface area (Å²) in [6.45, 7) is 12.2. The summed E-state index contributed by atoms with van der Waals surface area (Å²) in [7, 11) is 2.03. The maximum absolute atomic E-state index is 12.9. The Hall–Kier alpha value is -1.44. The van der Waals surface area contributed by atoms with Crippen molar-refractivity contribution in [2.75, 3.05) is 39.3 Å². The van der Waals surface area contributed by atoms with Crippen LogP contribution in [0.2, 0.25) is 0 Å². The highest BCUT2D eigenvalue weighted by Crippen LogP contribution is 2.15. The number of rotatable bonds is 4. The highest BCUT2D eigenvalue weighted by Gasteiger charge is 2.32. The molecule has 25 heavy (non-hydrogen) atoms. The number of piperazine rings is 1. The largest absolute Gasteiger partial charge is 0.372 e. The van der Waals surface area contributed by atoms with Crippen molar-refractivity contribution >= 4 is 5.91 Å². The number of hydrogen-bond donors (Lipinski definition) is 0. The first-order valence-electron chi connectivity index (χ1n) is 9.31. The molecule has 2 fully saturated rings. The molecule has 140 valence electrons. The van der Waals surface area contributed by atoms with E-state index in [1.165, 1.54) is 0 Å². The maximum atomic E-state index is 12.9. The van der Waals surface area contributed by atoms with Crippen molar-refractivity contribution in [1.29, 1.82) is 0 Å². The molecule has 2 saturated heterocycles. The molecule has 0 aromatic carbocycles. The molecule has 3 rings (SSSR count). The second kappa shape index (κ2) is 7.85. The lowest BCUT2D eigenvalue weighted by molar-refractivity contribution is -0.148. The Labute approximate surface area is 150 Å². The second-order valence-corrected chi connectivity index (χ2v) is 7.44. The van der Waals surface area contributed by atoms with Crippen LogP contribution in [-0.2, 0) is 23.1 Å². The lowest BCUT2D eigenvalue weighted by atomic mass is 10.1. The minimum Gasteiger partial charge on any atom is -0.372 e. The normalized spacial score (nSPS) is 27.4. The van der Waals surface area contributed by atoms with Crippen molar-refractivity contribution in [2.24, 2.45) is 7.05 Å². The van der Waals surface area contributed by atoms with Crippen molar-refractivity contribution in [3.8, 4) is 0 Å². The molecular weight excluding hydrogens is 318 g/mol. The van der Waals surface area contributed by atoms with E-state index in [0.717, 1.165) is 38.5 Å². The van der Waals surface area contributed by atoms with Gasteiger partial charge in [0.1, 0.15) is 5.82 Å². The molecule has 0 N–H and O–H groups in total. The molecule has 0 aliphatic carbocycles. The van der Waals surface area contributed by atoms with E-state index in [1.807, 2.05) is 45.1 Å². The molecule has 0 spiro atoms. The number of amides is 1. The minimum atomic E-state index is -0.0622. The number of imidazole rings is 1. The Bertz CT molecular complexity index is 572. The molecule has 7 heteroatoms. The number of nitrogens with zero attached hydrogens (tertiary/aromatic N) is 5. The lowest BCUT2D eigenvalue weighted by Crippen LogP contribution is -2.57. The minimum absolute atomic E-state index is 0.0622. The van der Waals surface area contributed by atoms with E-state index < -0.39 is 0 Å². The molecular formula is C18H31N5O2. The predicted octanol–water partition coefficient (Wildman–Crippen LogP) is 0.562. The third-order valence-electron chi connectivity index (χ3n) is 5.33. The van der Waals surface area contributed by atoms with Gasteiger partial charge >= 0.3 is 0 Å². The number of ether oxygens (including phenoxy) is 1. The SMILES string of the molecule is C[C@@H]1CN(C(=O)[C@@H](C)N2CCN(Cc3nccn3C)CC2)C[C@H](C)O1. The summed E-state index contributed by atoms with van der Waals surface area (Å²) in [6, 6.07) is -0.0622. The molecule has 3 heterocycles. The van der Waals surface area contributed by atoms with E-state index in [0.29, 0.717) is 13.1 Å². The monoisotopic (exact) mass is 349 g/mol. The van der Waals surface area contributed by atoms with Gasteiger partial charge in [-0.15, -0.1) is 0 Å². The van der Waals surface area contributed by atoms with Crippen LogP contribution in [0.25, 0.3) is 0 Å². The van der Waals surface area contributed by atoms with E-state index in [-0.39, 0.29) is 24.2 Å². The Morgan fingerprint density at radius 3 is 2.44 bits per heavy atom. The zero-order valence-corrected chi connectivity index (χ0v) is 15.9. The summed E-state index contributed by atoms with van der Waals surface area (Å²) in [4.78, 5) is 24.0. The quantitative estimate of drug-likeness (QED) is 0.795. The fourth-order valence-electron chi connectivity index (χ4n) is 3.84. The first kappa shape index (κ1) is 18.4. The van der Waals surface area contributed by atoms with Crippen LogP contribution in [0, 0.1) is 0 Å². The zero-order valence-electron chi connectivity index (χ0n) is 15.9. The average molecular weight is 349 g/mol. The number of morpholine rings is 1. The number of aryl methyl sites for hydroxylation is 1. The van der Waals surface area contributed by atoms with Gasteiger partial charge in [0.25, 0.3) is 0 Å². The molecule has 3 atom stereocenters. The van der Waals surface area contributed by atoms with Gasteiger partial charge in [0, 0.05) is 58.7 Å². The summed E-state index contributed by atoms with van der Waals surface area (Å²) in [5, 5.41) is 0. The molecule has 1 amide bonds. The summed E-state index contributed by atoms with van der Waals surface area (Å²) in [6.07, 6.45) is 4.07. The second-order valence-electron chi connectivity index (χ2n) is 7.44. The van der Waals surface area contributed by atoms with Crippen molar-refractivity contribution in [3.63, 3.8) is 0 Å². The summed E-state index contributed by atoms with van der Waals surface area (Å²) in [5.74, 6) is 1.33. The van der Waals surface area contributed by atoms with Crippen LogP contribution in [0.3, 0.4) is 0 Å². The van der Waals surface area contributed by atoms with E-state index in [1.54, 1.807) is 0 Å². The number of carbonyl (C=O) groups excluding carboxylic acids is 1. The first-order valence-corrected chi connectivity index (χ1v) is 9.31. The smallest absolute Gasteiger partial charge is 0.239 e. The van der Waals surface area contributed by atoms with Gasteiger partial charge in [-0.2, -0.15) is 0 Å². The third-order valence-corrected chi connectivity index (χ3v) is 5.33. The Kier molecular flexibility index (Phi) is 5.76. The standard InChI is InChI=1S/C18H31N5O2/c1-14-11-23(12-15(2)25-14)18(24)16(3)22-9-7-21(8-10-22)13-17-19-5-6-20(17)4/h5-6,14-16H,7-13H2,1-4H3/t14-,15+,16-/m1/s1. The summed E-state index contributed by atoms with van der Waals surface area (Å²) >= 11 is 0. The number of aromatic nitrogens is 2. The van der Waals surface area contributed by atoms with Crippen LogP contribution in [0.5, 0.6) is 0 Å². The molecule has 0 unspecified atom stereocenters. The molecule has 0 bridgehead atoms.